The van der Waals surface area contributed by atoms with Crippen LogP contribution in [0.3, 0.4) is 0 Å². The number of nitrogens with one attached hydrogen (secondary N) is 1. The zero-order chi connectivity index (χ0) is 18.8. The molecule has 134 valence electrons. The predicted octanol–water partition coefficient (Wildman–Crippen LogP) is 3.33. The van der Waals surface area contributed by atoms with E-state index in [9.17, 15) is 14.4 Å². The lowest BCUT2D eigenvalue weighted by Gasteiger charge is -2.07. The summed E-state index contributed by atoms with van der Waals surface area (Å²) >= 11 is 11.7. The first-order chi connectivity index (χ1) is 12.4. The lowest BCUT2D eigenvalue weighted by atomic mass is 10.2. The minimum absolute atomic E-state index is 0.181. The van der Waals surface area contributed by atoms with E-state index in [1.165, 1.54) is 31.4 Å². The van der Waals surface area contributed by atoms with E-state index < -0.39 is 17.6 Å². The second-order valence-electron chi connectivity index (χ2n) is 5.31. The third-order valence-electron chi connectivity index (χ3n) is 3.59. The summed E-state index contributed by atoms with van der Waals surface area (Å²) in [5.41, 5.74) is 1.24. The normalized spacial score (nSPS) is 10.7. The van der Waals surface area contributed by atoms with Crippen molar-refractivity contribution < 1.29 is 18.7 Å². The molecule has 0 unspecified atom stereocenters. The van der Waals surface area contributed by atoms with Crippen molar-refractivity contribution >= 4 is 51.9 Å². The van der Waals surface area contributed by atoms with Gasteiger partial charge in [-0.1, -0.05) is 23.2 Å². The Morgan fingerprint density at radius 1 is 1.15 bits per heavy atom. The maximum atomic E-state index is 12.2. The number of esters is 1. The van der Waals surface area contributed by atoms with Crippen LogP contribution in [0.1, 0.15) is 10.4 Å². The molecule has 3 aromatic rings. The first kappa shape index (κ1) is 18.0. The third kappa shape index (κ3) is 3.58. The first-order valence-corrected chi connectivity index (χ1v) is 8.11. The largest absolute Gasteiger partial charge is 0.465 e. The van der Waals surface area contributed by atoms with Crippen molar-refractivity contribution in [3.63, 3.8) is 0 Å². The molecule has 0 fully saturated rings. The van der Waals surface area contributed by atoms with Crippen LogP contribution < -0.4 is 11.1 Å². The Hall–Kier alpha value is -2.77. The number of amides is 1. The van der Waals surface area contributed by atoms with Crippen LogP contribution in [0.15, 0.2) is 45.6 Å². The van der Waals surface area contributed by atoms with Gasteiger partial charge in [-0.3, -0.25) is 9.36 Å². The molecule has 9 heteroatoms. The summed E-state index contributed by atoms with van der Waals surface area (Å²) in [7, 11) is 1.25. The standard InChI is InChI=1S/C17H12Cl2N2O5/c1-25-16(23)9-2-5-13-14(6-9)26-17(24)21(13)8-15(22)20-10-3-4-11(18)12(19)7-10/h2-7H,8H2,1H3,(H,20,22). The summed E-state index contributed by atoms with van der Waals surface area (Å²) in [6.07, 6.45) is 0. The lowest BCUT2D eigenvalue weighted by molar-refractivity contribution is -0.116. The highest BCUT2D eigenvalue weighted by molar-refractivity contribution is 6.42. The molecule has 3 rings (SSSR count). The van der Waals surface area contributed by atoms with Crippen molar-refractivity contribution in [2.45, 2.75) is 6.54 Å². The number of carbonyl (C=O) groups excluding carboxylic acids is 2. The molecule has 1 aromatic heterocycles. The summed E-state index contributed by atoms with van der Waals surface area (Å²) < 4.78 is 10.9. The average Bonchev–Trinajstić information content (AvgIpc) is 2.92. The molecule has 1 heterocycles. The van der Waals surface area contributed by atoms with Gasteiger partial charge in [0.1, 0.15) is 6.54 Å². The second-order valence-corrected chi connectivity index (χ2v) is 6.12. The molecule has 0 atom stereocenters. The van der Waals surface area contributed by atoms with Crippen molar-refractivity contribution in [1.82, 2.24) is 4.57 Å². The van der Waals surface area contributed by atoms with Crippen LogP contribution >= 0.6 is 23.2 Å². The van der Waals surface area contributed by atoms with E-state index in [1.807, 2.05) is 0 Å². The van der Waals surface area contributed by atoms with Crippen molar-refractivity contribution in [3.8, 4) is 0 Å². The van der Waals surface area contributed by atoms with Gasteiger partial charge in [-0.2, -0.15) is 0 Å². The minimum Gasteiger partial charge on any atom is -0.465 e. The number of aromatic nitrogens is 1. The van der Waals surface area contributed by atoms with E-state index in [1.54, 1.807) is 12.1 Å². The molecule has 26 heavy (non-hydrogen) atoms. The fourth-order valence-corrected chi connectivity index (χ4v) is 2.68. The quantitative estimate of drug-likeness (QED) is 0.685. The molecule has 0 saturated carbocycles. The number of ether oxygens (including phenoxy) is 1. The molecular formula is C17H12Cl2N2O5. The Morgan fingerprint density at radius 2 is 1.92 bits per heavy atom. The maximum absolute atomic E-state index is 12.2. The van der Waals surface area contributed by atoms with Gasteiger partial charge in [-0.25, -0.2) is 9.59 Å². The van der Waals surface area contributed by atoms with E-state index in [0.29, 0.717) is 21.2 Å². The van der Waals surface area contributed by atoms with Gasteiger partial charge in [-0.05, 0) is 36.4 Å². The summed E-state index contributed by atoms with van der Waals surface area (Å²) in [6.45, 7) is -0.274. The molecule has 0 spiro atoms. The van der Waals surface area contributed by atoms with Crippen LogP contribution in [0.4, 0.5) is 5.69 Å². The highest BCUT2D eigenvalue weighted by Gasteiger charge is 2.15. The van der Waals surface area contributed by atoms with Gasteiger partial charge < -0.3 is 14.5 Å². The number of hydrogen-bond acceptors (Lipinski definition) is 5. The SMILES string of the molecule is COC(=O)c1ccc2c(c1)oc(=O)n2CC(=O)Nc1ccc(Cl)c(Cl)c1. The summed E-state index contributed by atoms with van der Waals surface area (Å²) in [6, 6.07) is 9.02. The lowest BCUT2D eigenvalue weighted by Crippen LogP contribution is -2.24. The molecule has 0 radical (unpaired) electrons. The van der Waals surface area contributed by atoms with Gasteiger partial charge in [0.2, 0.25) is 5.91 Å². The van der Waals surface area contributed by atoms with E-state index in [4.69, 9.17) is 27.6 Å². The van der Waals surface area contributed by atoms with Crippen molar-refractivity contribution in [1.29, 1.82) is 0 Å². The van der Waals surface area contributed by atoms with Crippen LogP contribution in [0.2, 0.25) is 10.0 Å². The number of oxazole rings is 1. The molecule has 0 aliphatic rings. The number of hydrogen-bond donors (Lipinski definition) is 1. The maximum Gasteiger partial charge on any atom is 0.420 e. The van der Waals surface area contributed by atoms with Crippen LogP contribution in [-0.4, -0.2) is 23.6 Å². The summed E-state index contributed by atoms with van der Waals surface area (Å²) in [5.74, 6) is -1.73. The highest BCUT2D eigenvalue weighted by atomic mass is 35.5. The smallest absolute Gasteiger partial charge is 0.420 e. The number of rotatable bonds is 4. The molecule has 1 N–H and O–H groups in total. The Labute approximate surface area is 157 Å². The Balaban J connectivity index is 1.84. The van der Waals surface area contributed by atoms with Crippen LogP contribution in [0.25, 0.3) is 11.1 Å². The topological polar surface area (TPSA) is 90.5 Å². The Bertz CT molecular complexity index is 1070. The molecule has 2 aromatic carbocycles. The average molecular weight is 395 g/mol. The van der Waals surface area contributed by atoms with Gasteiger partial charge >= 0.3 is 11.7 Å². The van der Waals surface area contributed by atoms with E-state index in [0.717, 1.165) is 4.57 Å². The zero-order valence-corrected chi connectivity index (χ0v) is 14.9. The fourth-order valence-electron chi connectivity index (χ4n) is 2.38. The van der Waals surface area contributed by atoms with Gasteiger partial charge in [0.25, 0.3) is 0 Å². The number of fused-ring (bicyclic) bond motifs is 1. The Morgan fingerprint density at radius 3 is 2.62 bits per heavy atom. The van der Waals surface area contributed by atoms with E-state index in [-0.39, 0.29) is 17.7 Å². The van der Waals surface area contributed by atoms with Crippen molar-refractivity contribution in [2.24, 2.45) is 0 Å². The summed E-state index contributed by atoms with van der Waals surface area (Å²) in [5, 5.41) is 3.28. The van der Waals surface area contributed by atoms with Gasteiger partial charge in [-0.15, -0.1) is 0 Å². The van der Waals surface area contributed by atoms with E-state index >= 15 is 0 Å². The highest BCUT2D eigenvalue weighted by Crippen LogP contribution is 2.25. The van der Waals surface area contributed by atoms with Crippen molar-refractivity contribution in [2.75, 3.05) is 12.4 Å². The molecule has 7 nitrogen and oxygen atoms in total. The number of benzene rings is 2. The van der Waals surface area contributed by atoms with Gasteiger partial charge in [0, 0.05) is 5.69 Å². The monoisotopic (exact) mass is 394 g/mol. The van der Waals surface area contributed by atoms with E-state index in [2.05, 4.69) is 10.1 Å². The van der Waals surface area contributed by atoms with Gasteiger partial charge in [0.05, 0.1) is 28.2 Å². The molecular weight excluding hydrogens is 383 g/mol. The second kappa shape index (κ2) is 7.23. The molecule has 0 saturated heterocycles. The number of methoxy groups -OCH3 is 1. The molecule has 1 amide bonds. The number of halogens is 2. The predicted molar refractivity (Wildman–Crippen MR) is 96.9 cm³/mol. The van der Waals surface area contributed by atoms with Crippen LogP contribution in [-0.2, 0) is 16.1 Å². The summed E-state index contributed by atoms with van der Waals surface area (Å²) in [4.78, 5) is 35.8. The van der Waals surface area contributed by atoms with Crippen LogP contribution in [0.5, 0.6) is 0 Å². The van der Waals surface area contributed by atoms with Crippen molar-refractivity contribution in [3.05, 3.63) is 62.6 Å². The molecule has 0 bridgehead atoms. The molecule has 0 aliphatic carbocycles. The first-order valence-electron chi connectivity index (χ1n) is 7.35. The Kier molecular flexibility index (Phi) is 5.01. The fraction of sp³-hybridized carbons (Fsp3) is 0.118. The minimum atomic E-state index is -0.716. The number of carbonyl (C=O) groups is 2. The number of nitrogens with zero attached hydrogens (tertiary/aromatic N) is 1. The van der Waals surface area contributed by atoms with Gasteiger partial charge in [0.15, 0.2) is 5.58 Å². The molecule has 0 aliphatic heterocycles. The zero-order valence-electron chi connectivity index (χ0n) is 13.4. The van der Waals surface area contributed by atoms with Crippen LogP contribution in [0, 0.1) is 0 Å². The third-order valence-corrected chi connectivity index (χ3v) is 4.33. The number of anilines is 1.